The predicted molar refractivity (Wildman–Crippen MR) is 59.3 cm³/mol. The minimum atomic E-state index is -0.391. The van der Waals surface area contributed by atoms with Crippen molar-refractivity contribution < 1.29 is 13.8 Å². The van der Waals surface area contributed by atoms with Crippen LogP contribution in [0.4, 0.5) is 10.1 Å². The van der Waals surface area contributed by atoms with Crippen molar-refractivity contribution in [3.8, 4) is 5.75 Å². The van der Waals surface area contributed by atoms with E-state index in [-0.39, 0.29) is 5.75 Å². The van der Waals surface area contributed by atoms with Crippen molar-refractivity contribution in [2.75, 3.05) is 12.4 Å². The highest BCUT2D eigenvalue weighted by Crippen LogP contribution is 2.21. The van der Waals surface area contributed by atoms with Gasteiger partial charge in [0.25, 0.3) is 0 Å². The summed E-state index contributed by atoms with van der Waals surface area (Å²) in [6, 6.07) is 4.55. The number of ether oxygens (including phenoxy) is 1. The number of nitrogens with zero attached hydrogens (tertiary/aromatic N) is 2. The normalized spacial score (nSPS) is 10.3. The summed E-state index contributed by atoms with van der Waals surface area (Å²) in [5.74, 6) is -0.192. The van der Waals surface area contributed by atoms with Gasteiger partial charge >= 0.3 is 0 Å². The molecular weight excluding hydrogens is 225 g/mol. The zero-order valence-corrected chi connectivity index (χ0v) is 9.53. The number of benzene rings is 1. The molecule has 6 heteroatoms. The quantitative estimate of drug-likeness (QED) is 0.882. The van der Waals surface area contributed by atoms with Crippen molar-refractivity contribution in [2.24, 2.45) is 0 Å². The molecule has 0 spiro atoms. The third-order valence-electron chi connectivity index (χ3n) is 2.36. The molecule has 0 bridgehead atoms. The first-order valence-corrected chi connectivity index (χ1v) is 5.06. The van der Waals surface area contributed by atoms with Crippen molar-refractivity contribution in [3.05, 3.63) is 35.4 Å². The Balaban J connectivity index is 2.07. The fourth-order valence-corrected chi connectivity index (χ4v) is 1.37. The second kappa shape index (κ2) is 4.82. The van der Waals surface area contributed by atoms with Gasteiger partial charge in [-0.15, -0.1) is 0 Å². The van der Waals surface area contributed by atoms with Gasteiger partial charge < -0.3 is 10.1 Å². The Labute approximate surface area is 97.5 Å². The van der Waals surface area contributed by atoms with Gasteiger partial charge in [0.1, 0.15) is 11.4 Å². The van der Waals surface area contributed by atoms with Crippen LogP contribution in [0.15, 0.2) is 22.8 Å². The monoisotopic (exact) mass is 237 g/mol. The molecule has 2 aromatic rings. The minimum Gasteiger partial charge on any atom is -0.494 e. The molecular formula is C11H12FN3O2. The Morgan fingerprint density at radius 1 is 1.41 bits per heavy atom. The van der Waals surface area contributed by atoms with E-state index in [1.165, 1.54) is 13.2 Å². The van der Waals surface area contributed by atoms with Crippen LogP contribution in [0.25, 0.3) is 0 Å². The molecule has 0 aliphatic rings. The van der Waals surface area contributed by atoms with Crippen LogP contribution in [0, 0.1) is 12.7 Å². The smallest absolute Gasteiger partial charge is 0.165 e. The van der Waals surface area contributed by atoms with Gasteiger partial charge in [0, 0.05) is 11.8 Å². The second-order valence-electron chi connectivity index (χ2n) is 3.50. The molecule has 0 radical (unpaired) electrons. The van der Waals surface area contributed by atoms with E-state index in [9.17, 15) is 4.39 Å². The molecule has 0 aliphatic carbocycles. The molecule has 1 N–H and O–H groups in total. The number of nitrogens with one attached hydrogen (secondary N) is 1. The van der Waals surface area contributed by atoms with E-state index in [1.807, 2.05) is 0 Å². The van der Waals surface area contributed by atoms with Crippen molar-refractivity contribution in [2.45, 2.75) is 13.5 Å². The summed E-state index contributed by atoms with van der Waals surface area (Å²) in [5, 5.41) is 10.5. The van der Waals surface area contributed by atoms with Gasteiger partial charge in [-0.1, -0.05) is 10.3 Å². The van der Waals surface area contributed by atoms with Crippen molar-refractivity contribution in [1.82, 2.24) is 10.3 Å². The molecule has 0 fully saturated rings. The van der Waals surface area contributed by atoms with Crippen molar-refractivity contribution in [1.29, 1.82) is 0 Å². The van der Waals surface area contributed by atoms with E-state index >= 15 is 0 Å². The molecule has 1 heterocycles. The molecule has 5 nitrogen and oxygen atoms in total. The molecule has 0 saturated heterocycles. The van der Waals surface area contributed by atoms with E-state index in [0.717, 1.165) is 11.4 Å². The fourth-order valence-electron chi connectivity index (χ4n) is 1.37. The van der Waals surface area contributed by atoms with Gasteiger partial charge in [-0.3, -0.25) is 0 Å². The average Bonchev–Trinajstić information content (AvgIpc) is 2.74. The lowest BCUT2D eigenvalue weighted by Crippen LogP contribution is -2.02. The highest BCUT2D eigenvalue weighted by molar-refractivity contribution is 5.49. The number of halogens is 1. The van der Waals surface area contributed by atoms with Crippen LogP contribution in [0.5, 0.6) is 5.75 Å². The van der Waals surface area contributed by atoms with Gasteiger partial charge in [-0.05, 0) is 19.1 Å². The molecule has 17 heavy (non-hydrogen) atoms. The van der Waals surface area contributed by atoms with Gasteiger partial charge in [0.05, 0.1) is 13.7 Å². The van der Waals surface area contributed by atoms with E-state index in [1.54, 1.807) is 19.1 Å². The first-order valence-electron chi connectivity index (χ1n) is 5.06. The lowest BCUT2D eigenvalue weighted by Gasteiger charge is -2.07. The van der Waals surface area contributed by atoms with E-state index in [4.69, 9.17) is 4.74 Å². The molecule has 0 amide bonds. The Hall–Kier alpha value is -2.11. The van der Waals surface area contributed by atoms with Crippen LogP contribution >= 0.6 is 0 Å². The summed E-state index contributed by atoms with van der Waals surface area (Å²) in [7, 11) is 1.42. The minimum absolute atomic E-state index is 0.199. The fraction of sp³-hybridized carbons (Fsp3) is 0.273. The summed E-state index contributed by atoms with van der Waals surface area (Å²) < 4.78 is 22.6. The molecule has 0 saturated carbocycles. The Morgan fingerprint density at radius 3 is 2.88 bits per heavy atom. The molecule has 0 unspecified atom stereocenters. The summed E-state index contributed by atoms with van der Waals surface area (Å²) >= 11 is 0. The number of hydrogen-bond acceptors (Lipinski definition) is 5. The largest absolute Gasteiger partial charge is 0.494 e. The van der Waals surface area contributed by atoms with Crippen LogP contribution in [0.3, 0.4) is 0 Å². The maximum atomic E-state index is 13.2. The number of aryl methyl sites for hydroxylation is 1. The number of aromatic nitrogens is 2. The van der Waals surface area contributed by atoms with Gasteiger partial charge in [-0.25, -0.2) is 9.02 Å². The topological polar surface area (TPSA) is 60.2 Å². The first-order chi connectivity index (χ1) is 8.20. The molecule has 1 aromatic heterocycles. The third kappa shape index (κ3) is 2.52. The van der Waals surface area contributed by atoms with Crippen LogP contribution in [-0.4, -0.2) is 17.4 Å². The predicted octanol–water partition coefficient (Wildman–Crippen LogP) is 2.14. The maximum Gasteiger partial charge on any atom is 0.165 e. The zero-order valence-electron chi connectivity index (χ0n) is 9.53. The number of anilines is 1. The second-order valence-corrected chi connectivity index (χ2v) is 3.50. The van der Waals surface area contributed by atoms with Crippen LogP contribution in [0.2, 0.25) is 0 Å². The third-order valence-corrected chi connectivity index (χ3v) is 2.36. The molecule has 1 aromatic carbocycles. The highest BCUT2D eigenvalue weighted by atomic mass is 19.1. The molecule has 2 rings (SSSR count). The van der Waals surface area contributed by atoms with E-state index in [2.05, 4.69) is 20.3 Å². The molecule has 90 valence electrons. The summed E-state index contributed by atoms with van der Waals surface area (Å²) in [4.78, 5) is 0. The number of rotatable bonds is 4. The van der Waals surface area contributed by atoms with Gasteiger partial charge in [0.2, 0.25) is 0 Å². The number of hydrogen-bond donors (Lipinski definition) is 1. The standard InChI is InChI=1S/C11H12FN3O2/c1-7-10(15-17-14-7)6-13-8-3-4-9(12)11(5-8)16-2/h3-5,13H,6H2,1-2H3. The van der Waals surface area contributed by atoms with Crippen LogP contribution in [0.1, 0.15) is 11.4 Å². The Morgan fingerprint density at radius 2 is 2.24 bits per heavy atom. The summed E-state index contributed by atoms with van der Waals surface area (Å²) in [6.45, 7) is 2.27. The average molecular weight is 237 g/mol. The van der Waals surface area contributed by atoms with Crippen molar-refractivity contribution in [3.63, 3.8) is 0 Å². The summed E-state index contributed by atoms with van der Waals surface area (Å²) in [6.07, 6.45) is 0. The van der Waals surface area contributed by atoms with Crippen LogP contribution < -0.4 is 10.1 Å². The number of methoxy groups -OCH3 is 1. The molecule has 0 atom stereocenters. The SMILES string of the molecule is COc1cc(NCc2nonc2C)ccc1F. The maximum absolute atomic E-state index is 13.2. The zero-order chi connectivity index (χ0) is 12.3. The lowest BCUT2D eigenvalue weighted by molar-refractivity contribution is 0.301. The molecule has 0 aliphatic heterocycles. The first kappa shape index (κ1) is 11.4. The summed E-state index contributed by atoms with van der Waals surface area (Å²) in [5.41, 5.74) is 2.19. The van der Waals surface area contributed by atoms with Crippen molar-refractivity contribution >= 4 is 5.69 Å². The Kier molecular flexibility index (Phi) is 3.22. The van der Waals surface area contributed by atoms with Crippen LogP contribution in [-0.2, 0) is 6.54 Å². The van der Waals surface area contributed by atoms with Gasteiger partial charge in [0.15, 0.2) is 11.6 Å². The van der Waals surface area contributed by atoms with E-state index < -0.39 is 5.82 Å². The lowest BCUT2D eigenvalue weighted by atomic mass is 10.2. The highest BCUT2D eigenvalue weighted by Gasteiger charge is 2.06. The van der Waals surface area contributed by atoms with Gasteiger partial charge in [-0.2, -0.15) is 0 Å². The Bertz CT molecular complexity index is 513. The van der Waals surface area contributed by atoms with E-state index in [0.29, 0.717) is 12.2 Å².